The summed E-state index contributed by atoms with van der Waals surface area (Å²) in [5, 5.41) is 9.23. The number of aliphatic hydroxyl groups excluding tert-OH is 1. The molecule has 2 rings (SSSR count). The van der Waals surface area contributed by atoms with Gasteiger partial charge in [-0.25, -0.2) is 0 Å². The average Bonchev–Trinajstić information content (AvgIpc) is 2.56. The Morgan fingerprint density at radius 3 is 2.60 bits per heavy atom. The van der Waals surface area contributed by atoms with Crippen molar-refractivity contribution in [1.29, 1.82) is 0 Å². The van der Waals surface area contributed by atoms with Crippen LogP contribution in [0.3, 0.4) is 0 Å². The molecule has 1 heterocycles. The van der Waals surface area contributed by atoms with E-state index in [1.165, 1.54) is 32.1 Å². The van der Waals surface area contributed by atoms with E-state index in [2.05, 4.69) is 0 Å². The van der Waals surface area contributed by atoms with E-state index in [4.69, 9.17) is 4.74 Å². The second kappa shape index (κ2) is 4.52. The van der Waals surface area contributed by atoms with Gasteiger partial charge in [0.15, 0.2) is 0 Å². The molecule has 3 heteroatoms. The Morgan fingerprint density at radius 2 is 2.00 bits per heavy atom. The number of ether oxygens (including phenoxy) is 1. The first-order chi connectivity index (χ1) is 7.24. The first-order valence-corrected chi connectivity index (χ1v) is 6.05. The van der Waals surface area contributed by atoms with Crippen molar-refractivity contribution in [3.05, 3.63) is 0 Å². The van der Waals surface area contributed by atoms with Gasteiger partial charge in [-0.2, -0.15) is 0 Å². The van der Waals surface area contributed by atoms with E-state index in [0.29, 0.717) is 5.92 Å². The molecule has 2 aliphatic rings. The molecule has 2 fully saturated rings. The molecule has 1 saturated heterocycles. The number of carbonyl (C=O) groups excluding carboxylic acids is 1. The predicted octanol–water partition coefficient (Wildman–Crippen LogP) is 1.74. The summed E-state index contributed by atoms with van der Waals surface area (Å²) in [7, 11) is 0. The first kappa shape index (κ1) is 10.9. The highest BCUT2D eigenvalue weighted by atomic mass is 16.6. The number of carbonyl (C=O) groups is 1. The van der Waals surface area contributed by atoms with Crippen molar-refractivity contribution in [3.63, 3.8) is 0 Å². The summed E-state index contributed by atoms with van der Waals surface area (Å²) >= 11 is 0. The summed E-state index contributed by atoms with van der Waals surface area (Å²) < 4.78 is 5.20. The van der Waals surface area contributed by atoms with Crippen LogP contribution in [0.25, 0.3) is 0 Å². The van der Waals surface area contributed by atoms with E-state index in [0.717, 1.165) is 0 Å². The van der Waals surface area contributed by atoms with E-state index in [-0.39, 0.29) is 30.5 Å². The molecule has 0 amide bonds. The third-order valence-corrected chi connectivity index (χ3v) is 4.02. The fraction of sp³-hybridized carbons (Fsp3) is 0.917. The average molecular weight is 212 g/mol. The fourth-order valence-corrected chi connectivity index (χ4v) is 3.20. The molecule has 3 atom stereocenters. The Hall–Kier alpha value is -0.570. The van der Waals surface area contributed by atoms with Crippen LogP contribution in [-0.4, -0.2) is 23.8 Å². The van der Waals surface area contributed by atoms with Gasteiger partial charge >= 0.3 is 5.97 Å². The second-order valence-electron chi connectivity index (χ2n) is 4.92. The van der Waals surface area contributed by atoms with Gasteiger partial charge in [0, 0.05) is 5.92 Å². The molecule has 0 spiro atoms. The third-order valence-electron chi connectivity index (χ3n) is 4.02. The Kier molecular flexibility index (Phi) is 3.29. The molecule has 1 N–H and O–H groups in total. The lowest BCUT2D eigenvalue weighted by Gasteiger charge is -2.30. The molecule has 15 heavy (non-hydrogen) atoms. The number of rotatable bonds is 2. The largest absolute Gasteiger partial charge is 0.459 e. The summed E-state index contributed by atoms with van der Waals surface area (Å²) in [4.78, 5) is 11.5. The highest BCUT2D eigenvalue weighted by molar-refractivity contribution is 5.74. The molecule has 0 unspecified atom stereocenters. The van der Waals surface area contributed by atoms with Gasteiger partial charge in [0.05, 0.1) is 12.5 Å². The minimum absolute atomic E-state index is 0.0166. The van der Waals surface area contributed by atoms with E-state index in [1.807, 2.05) is 6.92 Å². The van der Waals surface area contributed by atoms with Crippen LogP contribution in [0.2, 0.25) is 0 Å². The zero-order chi connectivity index (χ0) is 10.8. The second-order valence-corrected chi connectivity index (χ2v) is 4.92. The quantitative estimate of drug-likeness (QED) is 0.709. The Bertz CT molecular complexity index is 233. The Morgan fingerprint density at radius 1 is 1.33 bits per heavy atom. The van der Waals surface area contributed by atoms with Crippen molar-refractivity contribution in [1.82, 2.24) is 0 Å². The summed E-state index contributed by atoms with van der Waals surface area (Å²) in [6.07, 6.45) is 6.00. The topological polar surface area (TPSA) is 46.5 Å². The standard InChI is InChI=1S/C12H20O3/c1-8-11(9-5-3-2-4-6-9)10(7-13)15-12(8)14/h8-11,13H,2-7H2,1H3/t8-,10+,11+/m0/s1. The van der Waals surface area contributed by atoms with Crippen molar-refractivity contribution < 1.29 is 14.6 Å². The molecule has 0 aromatic rings. The molecule has 0 bridgehead atoms. The molecule has 0 aromatic heterocycles. The van der Waals surface area contributed by atoms with Crippen LogP contribution in [0.1, 0.15) is 39.0 Å². The molecule has 1 aliphatic heterocycles. The number of hydrogen-bond donors (Lipinski definition) is 1. The molecular formula is C12H20O3. The van der Waals surface area contributed by atoms with Gasteiger partial charge in [-0.05, 0) is 5.92 Å². The maximum Gasteiger partial charge on any atom is 0.309 e. The number of hydrogen-bond acceptors (Lipinski definition) is 3. The smallest absolute Gasteiger partial charge is 0.309 e. The molecule has 1 saturated carbocycles. The summed E-state index contributed by atoms with van der Waals surface area (Å²) in [5.74, 6) is 0.690. The van der Waals surface area contributed by atoms with Crippen molar-refractivity contribution in [2.45, 2.75) is 45.1 Å². The lowest BCUT2D eigenvalue weighted by Crippen LogP contribution is -2.31. The lowest BCUT2D eigenvalue weighted by molar-refractivity contribution is -0.145. The van der Waals surface area contributed by atoms with Gasteiger partial charge in [0.1, 0.15) is 6.10 Å². The van der Waals surface area contributed by atoms with Crippen LogP contribution in [0.4, 0.5) is 0 Å². The van der Waals surface area contributed by atoms with Crippen LogP contribution in [0.5, 0.6) is 0 Å². The highest BCUT2D eigenvalue weighted by Gasteiger charge is 2.45. The van der Waals surface area contributed by atoms with E-state index >= 15 is 0 Å². The Labute approximate surface area is 90.8 Å². The van der Waals surface area contributed by atoms with E-state index in [9.17, 15) is 9.90 Å². The van der Waals surface area contributed by atoms with Crippen LogP contribution < -0.4 is 0 Å². The Balaban J connectivity index is 2.06. The van der Waals surface area contributed by atoms with Gasteiger partial charge in [0.25, 0.3) is 0 Å². The lowest BCUT2D eigenvalue weighted by atomic mass is 9.73. The van der Waals surface area contributed by atoms with Crippen molar-refractivity contribution in [3.8, 4) is 0 Å². The van der Waals surface area contributed by atoms with Crippen LogP contribution in [0, 0.1) is 17.8 Å². The van der Waals surface area contributed by atoms with Gasteiger partial charge < -0.3 is 9.84 Å². The van der Waals surface area contributed by atoms with Gasteiger partial charge in [-0.1, -0.05) is 39.0 Å². The number of aliphatic hydroxyl groups is 1. The number of cyclic esters (lactones) is 1. The molecule has 3 nitrogen and oxygen atoms in total. The number of esters is 1. The molecule has 0 radical (unpaired) electrons. The van der Waals surface area contributed by atoms with Gasteiger partial charge in [-0.15, -0.1) is 0 Å². The zero-order valence-electron chi connectivity index (χ0n) is 9.32. The monoisotopic (exact) mass is 212 g/mol. The van der Waals surface area contributed by atoms with Crippen LogP contribution in [0.15, 0.2) is 0 Å². The summed E-state index contributed by atoms with van der Waals surface area (Å²) in [6, 6.07) is 0. The van der Waals surface area contributed by atoms with Crippen LogP contribution >= 0.6 is 0 Å². The minimum atomic E-state index is -0.240. The third kappa shape index (κ3) is 2.03. The van der Waals surface area contributed by atoms with Crippen molar-refractivity contribution in [2.24, 2.45) is 17.8 Å². The molecular weight excluding hydrogens is 192 g/mol. The fourth-order valence-electron chi connectivity index (χ4n) is 3.20. The minimum Gasteiger partial charge on any atom is -0.459 e. The first-order valence-electron chi connectivity index (χ1n) is 6.05. The van der Waals surface area contributed by atoms with Crippen molar-refractivity contribution in [2.75, 3.05) is 6.61 Å². The SMILES string of the molecule is C[C@@H]1C(=O)O[C@H](CO)[C@H]1C1CCCCC1. The van der Waals surface area contributed by atoms with E-state index < -0.39 is 0 Å². The summed E-state index contributed by atoms with van der Waals surface area (Å²) in [6.45, 7) is 1.93. The molecule has 0 aromatic carbocycles. The molecule has 86 valence electrons. The van der Waals surface area contributed by atoms with Gasteiger partial charge in [-0.3, -0.25) is 4.79 Å². The van der Waals surface area contributed by atoms with Gasteiger partial charge in [0.2, 0.25) is 0 Å². The highest BCUT2D eigenvalue weighted by Crippen LogP contribution is 2.40. The van der Waals surface area contributed by atoms with Crippen molar-refractivity contribution >= 4 is 5.97 Å². The predicted molar refractivity (Wildman–Crippen MR) is 56.2 cm³/mol. The normalized spacial score (nSPS) is 38.0. The summed E-state index contributed by atoms with van der Waals surface area (Å²) in [5.41, 5.74) is 0. The molecule has 1 aliphatic carbocycles. The zero-order valence-corrected chi connectivity index (χ0v) is 9.32. The maximum atomic E-state index is 11.5. The maximum absolute atomic E-state index is 11.5. The van der Waals surface area contributed by atoms with Crippen LogP contribution in [-0.2, 0) is 9.53 Å². The van der Waals surface area contributed by atoms with E-state index in [1.54, 1.807) is 0 Å².